The lowest BCUT2D eigenvalue weighted by Gasteiger charge is -2.35. The number of carbonyl (C=O) groups is 1. The van der Waals surface area contributed by atoms with Gasteiger partial charge < -0.3 is 19.1 Å². The zero-order valence-corrected chi connectivity index (χ0v) is 17.2. The summed E-state index contributed by atoms with van der Waals surface area (Å²) in [6.07, 6.45) is 0. The first-order valence-electron chi connectivity index (χ1n) is 9.25. The predicted molar refractivity (Wildman–Crippen MR) is 107 cm³/mol. The van der Waals surface area contributed by atoms with Crippen molar-refractivity contribution in [3.8, 4) is 17.1 Å². The fourth-order valence-corrected chi connectivity index (χ4v) is 4.06. The Labute approximate surface area is 164 Å². The van der Waals surface area contributed by atoms with Gasteiger partial charge in [0.15, 0.2) is 11.0 Å². The topological polar surface area (TPSA) is 63.5 Å². The van der Waals surface area contributed by atoms with Crippen LogP contribution in [0.1, 0.15) is 13.8 Å². The summed E-state index contributed by atoms with van der Waals surface area (Å²) < 4.78 is 7.13. The van der Waals surface area contributed by atoms with Gasteiger partial charge in [0.25, 0.3) is 0 Å². The number of aromatic nitrogens is 3. The second-order valence-electron chi connectivity index (χ2n) is 6.61. The van der Waals surface area contributed by atoms with Gasteiger partial charge in [-0.15, -0.1) is 10.2 Å². The van der Waals surface area contributed by atoms with Crippen LogP contribution in [0.2, 0.25) is 0 Å². The monoisotopic (exact) mass is 389 g/mol. The van der Waals surface area contributed by atoms with Crippen LogP contribution in [0.4, 0.5) is 0 Å². The highest BCUT2D eigenvalue weighted by atomic mass is 32.2. The Bertz CT molecular complexity index is 769. The molecule has 0 bridgehead atoms. The van der Waals surface area contributed by atoms with Gasteiger partial charge in [-0.2, -0.15) is 0 Å². The summed E-state index contributed by atoms with van der Waals surface area (Å²) in [5.74, 6) is 1.75. The third-order valence-electron chi connectivity index (χ3n) is 4.94. The Hall–Kier alpha value is -2.06. The molecular weight excluding hydrogens is 362 g/mol. The van der Waals surface area contributed by atoms with Gasteiger partial charge in [0.05, 0.1) is 12.4 Å². The van der Waals surface area contributed by atoms with Crippen molar-refractivity contribution in [1.82, 2.24) is 24.6 Å². The number of hydrogen-bond donors (Lipinski definition) is 0. The molecule has 27 heavy (non-hydrogen) atoms. The van der Waals surface area contributed by atoms with Gasteiger partial charge >= 0.3 is 0 Å². The third-order valence-corrected chi connectivity index (χ3v) is 6.07. The fraction of sp³-hybridized carbons (Fsp3) is 0.526. The van der Waals surface area contributed by atoms with Crippen LogP contribution < -0.4 is 4.74 Å². The number of benzene rings is 1. The fourth-order valence-electron chi connectivity index (χ4n) is 3.16. The average molecular weight is 390 g/mol. The third kappa shape index (κ3) is 4.44. The number of rotatable bonds is 6. The number of methoxy groups -OCH3 is 1. The minimum Gasteiger partial charge on any atom is -0.497 e. The molecule has 1 aliphatic rings. The summed E-state index contributed by atoms with van der Waals surface area (Å²) >= 11 is 1.46. The van der Waals surface area contributed by atoms with Crippen molar-refractivity contribution >= 4 is 17.7 Å². The van der Waals surface area contributed by atoms with E-state index in [2.05, 4.69) is 22.0 Å². The van der Waals surface area contributed by atoms with Crippen molar-refractivity contribution in [2.45, 2.75) is 24.3 Å². The molecule has 0 N–H and O–H groups in total. The first-order chi connectivity index (χ1) is 13.0. The molecular formula is C19H27N5O2S. The molecule has 0 radical (unpaired) electrons. The molecule has 2 heterocycles. The smallest absolute Gasteiger partial charge is 0.235 e. The van der Waals surface area contributed by atoms with Crippen molar-refractivity contribution < 1.29 is 9.53 Å². The maximum atomic E-state index is 12.8. The van der Waals surface area contributed by atoms with E-state index in [0.717, 1.165) is 55.0 Å². The van der Waals surface area contributed by atoms with Gasteiger partial charge in [-0.25, -0.2) is 0 Å². The number of nitrogens with zero attached hydrogens (tertiary/aromatic N) is 5. The number of amides is 1. The Kier molecular flexibility index (Phi) is 6.38. The van der Waals surface area contributed by atoms with E-state index in [1.165, 1.54) is 11.8 Å². The van der Waals surface area contributed by atoms with Gasteiger partial charge in [-0.05, 0) is 37.7 Å². The zero-order valence-electron chi connectivity index (χ0n) is 16.4. The molecule has 1 aromatic carbocycles. The maximum absolute atomic E-state index is 12.8. The van der Waals surface area contributed by atoms with Crippen LogP contribution in [0.3, 0.4) is 0 Å². The first-order valence-corrected chi connectivity index (χ1v) is 10.1. The summed E-state index contributed by atoms with van der Waals surface area (Å²) in [6, 6.07) is 7.72. The quantitative estimate of drug-likeness (QED) is 0.706. The molecule has 146 valence electrons. The Morgan fingerprint density at radius 3 is 2.44 bits per heavy atom. The largest absolute Gasteiger partial charge is 0.497 e. The van der Waals surface area contributed by atoms with Gasteiger partial charge in [-0.3, -0.25) is 4.79 Å². The van der Waals surface area contributed by atoms with Crippen molar-refractivity contribution in [1.29, 1.82) is 0 Å². The molecule has 1 fully saturated rings. The van der Waals surface area contributed by atoms with Gasteiger partial charge in [-0.1, -0.05) is 18.7 Å². The highest BCUT2D eigenvalue weighted by Gasteiger charge is 2.26. The normalized spacial score (nSPS) is 16.4. The minimum atomic E-state index is -0.190. The van der Waals surface area contributed by atoms with Gasteiger partial charge in [0.2, 0.25) is 5.91 Å². The van der Waals surface area contributed by atoms with E-state index in [4.69, 9.17) is 4.74 Å². The number of hydrogen-bond acceptors (Lipinski definition) is 6. The van der Waals surface area contributed by atoms with Crippen LogP contribution in [0, 0.1) is 0 Å². The summed E-state index contributed by atoms with van der Waals surface area (Å²) in [4.78, 5) is 17.1. The minimum absolute atomic E-state index is 0.171. The highest BCUT2D eigenvalue weighted by molar-refractivity contribution is 8.00. The van der Waals surface area contributed by atoms with Gasteiger partial charge in [0, 0.05) is 38.8 Å². The first kappa shape index (κ1) is 19.7. The molecule has 1 aliphatic heterocycles. The Morgan fingerprint density at radius 2 is 1.85 bits per heavy atom. The van der Waals surface area contributed by atoms with E-state index in [1.54, 1.807) is 7.11 Å². The van der Waals surface area contributed by atoms with E-state index in [1.807, 2.05) is 47.7 Å². The Balaban J connectivity index is 1.65. The maximum Gasteiger partial charge on any atom is 0.235 e. The van der Waals surface area contributed by atoms with E-state index in [-0.39, 0.29) is 11.2 Å². The number of thioether (sulfide) groups is 1. The predicted octanol–water partition coefficient (Wildman–Crippen LogP) is 2.14. The number of carbonyl (C=O) groups excluding carboxylic acids is 1. The van der Waals surface area contributed by atoms with Crippen molar-refractivity contribution in [3.63, 3.8) is 0 Å². The van der Waals surface area contributed by atoms with Crippen LogP contribution in [-0.2, 0) is 11.8 Å². The summed E-state index contributed by atoms with van der Waals surface area (Å²) in [5.41, 5.74) is 0.965. The molecule has 0 unspecified atom stereocenters. The molecule has 0 spiro atoms. The summed E-state index contributed by atoms with van der Waals surface area (Å²) in [7, 11) is 3.58. The summed E-state index contributed by atoms with van der Waals surface area (Å²) in [6.45, 7) is 8.64. The zero-order chi connectivity index (χ0) is 19.4. The number of ether oxygens (including phenoxy) is 1. The molecule has 3 rings (SSSR count). The molecule has 1 saturated heterocycles. The molecule has 2 aromatic rings. The van der Waals surface area contributed by atoms with E-state index < -0.39 is 0 Å². The van der Waals surface area contributed by atoms with E-state index in [9.17, 15) is 4.79 Å². The Morgan fingerprint density at radius 1 is 1.19 bits per heavy atom. The molecule has 1 amide bonds. The standard InChI is InChI=1S/C19H27N5O2S/c1-5-23-10-12-24(13-11-23)18(25)14(2)27-19-21-20-17(22(19)3)15-6-8-16(26-4)9-7-15/h6-9,14H,5,10-13H2,1-4H3/t14-/m1/s1. The molecule has 0 saturated carbocycles. The second-order valence-corrected chi connectivity index (χ2v) is 7.92. The van der Waals surface area contributed by atoms with Crippen LogP contribution in [0.5, 0.6) is 5.75 Å². The van der Waals surface area contributed by atoms with E-state index >= 15 is 0 Å². The second kappa shape index (κ2) is 8.75. The SMILES string of the molecule is CCN1CCN(C(=O)[C@@H](C)Sc2nnc(-c3ccc(OC)cc3)n2C)CC1. The van der Waals surface area contributed by atoms with Crippen LogP contribution in [0.25, 0.3) is 11.4 Å². The van der Waals surface area contributed by atoms with Gasteiger partial charge in [0.1, 0.15) is 5.75 Å². The molecule has 7 nitrogen and oxygen atoms in total. The highest BCUT2D eigenvalue weighted by Crippen LogP contribution is 2.27. The van der Waals surface area contributed by atoms with Crippen molar-refractivity contribution in [2.24, 2.45) is 7.05 Å². The molecule has 0 aliphatic carbocycles. The van der Waals surface area contributed by atoms with Crippen molar-refractivity contribution in [3.05, 3.63) is 24.3 Å². The number of likely N-dealkylation sites (N-methyl/N-ethyl adjacent to an activating group) is 1. The molecule has 1 aromatic heterocycles. The molecule has 1 atom stereocenters. The lowest BCUT2D eigenvalue weighted by atomic mass is 10.2. The van der Waals surface area contributed by atoms with Crippen molar-refractivity contribution in [2.75, 3.05) is 39.8 Å². The van der Waals surface area contributed by atoms with Crippen LogP contribution >= 0.6 is 11.8 Å². The van der Waals surface area contributed by atoms with Crippen LogP contribution in [-0.4, -0.2) is 75.6 Å². The number of piperazine rings is 1. The van der Waals surface area contributed by atoms with Crippen LogP contribution in [0.15, 0.2) is 29.4 Å². The lowest BCUT2D eigenvalue weighted by Crippen LogP contribution is -2.50. The lowest BCUT2D eigenvalue weighted by molar-refractivity contribution is -0.132. The summed E-state index contributed by atoms with van der Waals surface area (Å²) in [5, 5.41) is 9.15. The molecule has 8 heteroatoms. The average Bonchev–Trinajstić information content (AvgIpc) is 3.07. The van der Waals surface area contributed by atoms with E-state index in [0.29, 0.717) is 0 Å².